The molecule has 0 bridgehead atoms. The van der Waals surface area contributed by atoms with E-state index in [9.17, 15) is 4.79 Å². The number of benzene rings is 2. The number of aromatic hydroxyl groups is 2. The highest BCUT2D eigenvalue weighted by atomic mass is 16.5. The molecule has 0 aromatic heterocycles. The molecule has 0 heterocycles. The van der Waals surface area contributed by atoms with E-state index >= 15 is 0 Å². The Kier molecular flexibility index (Phi) is 6.07. The van der Waals surface area contributed by atoms with Crippen LogP contribution in [0.1, 0.15) is 15.9 Å². The van der Waals surface area contributed by atoms with E-state index < -0.39 is 0 Å². The van der Waals surface area contributed by atoms with Crippen molar-refractivity contribution < 1.29 is 24.5 Å². The summed E-state index contributed by atoms with van der Waals surface area (Å²) in [5.74, 6) is 1.07. The first-order chi connectivity index (χ1) is 10.0. The number of hydrogen-bond acceptors (Lipinski definition) is 5. The van der Waals surface area contributed by atoms with Crippen LogP contribution in [0.3, 0.4) is 0 Å². The maximum Gasteiger partial charge on any atom is 0.161 e. The summed E-state index contributed by atoms with van der Waals surface area (Å²) in [5, 5.41) is 18.2. The van der Waals surface area contributed by atoms with Gasteiger partial charge in [0, 0.05) is 5.56 Å². The van der Waals surface area contributed by atoms with Gasteiger partial charge in [0.05, 0.1) is 14.2 Å². The van der Waals surface area contributed by atoms with Crippen molar-refractivity contribution >= 4 is 6.29 Å². The minimum atomic E-state index is 0.0399. The molecule has 2 aromatic rings. The van der Waals surface area contributed by atoms with Gasteiger partial charge < -0.3 is 19.7 Å². The summed E-state index contributed by atoms with van der Waals surface area (Å²) in [7, 11) is 2.97. The second kappa shape index (κ2) is 7.79. The van der Waals surface area contributed by atoms with Crippen molar-refractivity contribution in [3.63, 3.8) is 0 Å². The summed E-state index contributed by atoms with van der Waals surface area (Å²) in [4.78, 5) is 10.2. The monoisotopic (exact) mass is 290 g/mol. The van der Waals surface area contributed by atoms with Crippen molar-refractivity contribution in [3.05, 3.63) is 47.5 Å². The summed E-state index contributed by atoms with van der Waals surface area (Å²) in [6.07, 6.45) is 0.696. The molecule has 0 amide bonds. The predicted octanol–water partition coefficient (Wildman–Crippen LogP) is 2.92. The fourth-order valence-corrected chi connectivity index (χ4v) is 1.55. The maximum atomic E-state index is 10.2. The Morgan fingerprint density at radius 1 is 0.905 bits per heavy atom. The number of hydrogen-bond donors (Lipinski definition) is 2. The van der Waals surface area contributed by atoms with Gasteiger partial charge in [-0.15, -0.1) is 0 Å². The predicted molar refractivity (Wildman–Crippen MR) is 79.4 cm³/mol. The van der Waals surface area contributed by atoms with E-state index in [1.807, 2.05) is 13.0 Å². The van der Waals surface area contributed by atoms with E-state index in [4.69, 9.17) is 19.7 Å². The Hall–Kier alpha value is -2.69. The van der Waals surface area contributed by atoms with E-state index in [0.29, 0.717) is 23.3 Å². The summed E-state index contributed by atoms with van der Waals surface area (Å²) >= 11 is 0. The Morgan fingerprint density at radius 2 is 1.43 bits per heavy atom. The highest BCUT2D eigenvalue weighted by Gasteiger charge is 2.00. The molecule has 21 heavy (non-hydrogen) atoms. The Bertz CT molecular complexity index is 608. The molecular weight excluding hydrogens is 272 g/mol. The van der Waals surface area contributed by atoms with Gasteiger partial charge in [0.2, 0.25) is 0 Å². The van der Waals surface area contributed by atoms with E-state index in [-0.39, 0.29) is 11.5 Å². The molecule has 0 unspecified atom stereocenters. The average molecular weight is 290 g/mol. The summed E-state index contributed by atoms with van der Waals surface area (Å²) in [5.41, 5.74) is 1.56. The lowest BCUT2D eigenvalue weighted by Crippen LogP contribution is -1.85. The molecule has 2 N–H and O–H groups in total. The topological polar surface area (TPSA) is 76.0 Å². The van der Waals surface area contributed by atoms with Gasteiger partial charge in [-0.2, -0.15) is 0 Å². The first-order valence-corrected chi connectivity index (χ1v) is 6.17. The highest BCUT2D eigenvalue weighted by molar-refractivity contribution is 5.76. The van der Waals surface area contributed by atoms with Crippen molar-refractivity contribution in [2.75, 3.05) is 14.2 Å². The number of rotatable bonds is 3. The Labute approximate surface area is 123 Å². The van der Waals surface area contributed by atoms with Crippen LogP contribution in [0.2, 0.25) is 0 Å². The number of methoxy groups -OCH3 is 2. The van der Waals surface area contributed by atoms with Crippen LogP contribution in [-0.2, 0) is 0 Å². The van der Waals surface area contributed by atoms with Gasteiger partial charge in [-0.3, -0.25) is 4.79 Å². The first kappa shape index (κ1) is 16.4. The fourth-order valence-electron chi connectivity index (χ4n) is 1.55. The van der Waals surface area contributed by atoms with Gasteiger partial charge in [-0.05, 0) is 42.8 Å². The molecule has 5 heteroatoms. The lowest BCUT2D eigenvalue weighted by atomic mass is 10.2. The average Bonchev–Trinajstić information content (AvgIpc) is 2.51. The third-order valence-corrected chi connectivity index (χ3v) is 2.68. The van der Waals surface area contributed by atoms with Crippen molar-refractivity contribution in [2.45, 2.75) is 6.92 Å². The number of carbonyl (C=O) groups is 1. The van der Waals surface area contributed by atoms with Crippen LogP contribution in [0.15, 0.2) is 36.4 Å². The number of ether oxygens (including phenoxy) is 2. The molecule has 0 fully saturated rings. The largest absolute Gasteiger partial charge is 0.504 e. The second-order valence-corrected chi connectivity index (χ2v) is 4.22. The molecule has 0 aliphatic carbocycles. The van der Waals surface area contributed by atoms with Crippen molar-refractivity contribution in [2.24, 2.45) is 0 Å². The molecular formula is C16H18O5. The van der Waals surface area contributed by atoms with Crippen LogP contribution < -0.4 is 9.47 Å². The maximum absolute atomic E-state index is 10.2. The minimum absolute atomic E-state index is 0.0399. The molecule has 2 aromatic carbocycles. The van der Waals surface area contributed by atoms with Crippen LogP contribution in [0.4, 0.5) is 0 Å². The molecule has 2 rings (SSSR count). The molecule has 0 aliphatic rings. The van der Waals surface area contributed by atoms with E-state index in [1.165, 1.54) is 32.4 Å². The van der Waals surface area contributed by atoms with Crippen molar-refractivity contribution in [1.82, 2.24) is 0 Å². The van der Waals surface area contributed by atoms with Gasteiger partial charge in [0.1, 0.15) is 6.29 Å². The minimum Gasteiger partial charge on any atom is -0.504 e. The Balaban J connectivity index is 0.000000211. The van der Waals surface area contributed by atoms with Crippen LogP contribution in [0.5, 0.6) is 23.0 Å². The van der Waals surface area contributed by atoms with Crippen LogP contribution >= 0.6 is 0 Å². The third kappa shape index (κ3) is 4.72. The van der Waals surface area contributed by atoms with Gasteiger partial charge in [-0.25, -0.2) is 0 Å². The van der Waals surface area contributed by atoms with Gasteiger partial charge in [0.25, 0.3) is 0 Å². The molecule has 5 nitrogen and oxygen atoms in total. The lowest BCUT2D eigenvalue weighted by molar-refractivity contribution is 0.112. The quantitative estimate of drug-likeness (QED) is 0.850. The summed E-state index contributed by atoms with van der Waals surface area (Å²) in [6.45, 7) is 1.95. The van der Waals surface area contributed by atoms with Gasteiger partial charge >= 0.3 is 0 Å². The zero-order chi connectivity index (χ0) is 15.8. The van der Waals surface area contributed by atoms with E-state index in [1.54, 1.807) is 12.1 Å². The standard InChI is InChI=1S/C8H8O3.C8H10O2/c1-11-8-4-6(5-9)2-3-7(8)10;1-6-3-4-7(9)8(5-6)10-2/h2-5,10H,1H3;3-5,9H,1-2H3. The summed E-state index contributed by atoms with van der Waals surface area (Å²) in [6, 6.07) is 9.65. The molecule has 0 atom stereocenters. The molecule has 0 radical (unpaired) electrons. The van der Waals surface area contributed by atoms with Crippen LogP contribution in [0.25, 0.3) is 0 Å². The molecule has 0 spiro atoms. The highest BCUT2D eigenvalue weighted by Crippen LogP contribution is 2.26. The molecule has 112 valence electrons. The number of aryl methyl sites for hydroxylation is 1. The second-order valence-electron chi connectivity index (χ2n) is 4.22. The lowest BCUT2D eigenvalue weighted by Gasteiger charge is -2.02. The number of carbonyl (C=O) groups excluding carboxylic acids is 1. The SMILES string of the molecule is COc1cc(C)ccc1O.COc1cc(C=O)ccc1O. The van der Waals surface area contributed by atoms with E-state index in [2.05, 4.69) is 0 Å². The van der Waals surface area contributed by atoms with Gasteiger partial charge in [-0.1, -0.05) is 6.07 Å². The number of phenolic OH excluding ortho intramolecular Hbond substituents is 2. The molecule has 0 aliphatic heterocycles. The van der Waals surface area contributed by atoms with Crippen LogP contribution in [0, 0.1) is 6.92 Å². The first-order valence-electron chi connectivity index (χ1n) is 6.17. The zero-order valence-electron chi connectivity index (χ0n) is 12.2. The smallest absolute Gasteiger partial charge is 0.161 e. The van der Waals surface area contributed by atoms with Crippen LogP contribution in [-0.4, -0.2) is 30.7 Å². The number of phenols is 2. The molecule has 0 saturated carbocycles. The Morgan fingerprint density at radius 3 is 1.90 bits per heavy atom. The number of aldehydes is 1. The fraction of sp³-hybridized carbons (Fsp3) is 0.188. The summed E-state index contributed by atoms with van der Waals surface area (Å²) < 4.78 is 9.65. The van der Waals surface area contributed by atoms with E-state index in [0.717, 1.165) is 5.56 Å². The van der Waals surface area contributed by atoms with Gasteiger partial charge in [0.15, 0.2) is 23.0 Å². The van der Waals surface area contributed by atoms with Crippen molar-refractivity contribution in [1.29, 1.82) is 0 Å². The third-order valence-electron chi connectivity index (χ3n) is 2.68. The zero-order valence-corrected chi connectivity index (χ0v) is 12.2. The molecule has 0 saturated heterocycles. The van der Waals surface area contributed by atoms with Crippen molar-refractivity contribution in [3.8, 4) is 23.0 Å². The normalized spacial score (nSPS) is 9.29.